The Morgan fingerprint density at radius 2 is 1.94 bits per heavy atom. The van der Waals surface area contributed by atoms with Crippen molar-refractivity contribution in [2.45, 2.75) is 65.9 Å². The summed E-state index contributed by atoms with van der Waals surface area (Å²) in [5.41, 5.74) is 0.629. The fourth-order valence-corrected chi connectivity index (χ4v) is 4.24. The van der Waals surface area contributed by atoms with E-state index in [0.29, 0.717) is 5.41 Å². The molecule has 2 fully saturated rings. The first-order valence-electron chi connectivity index (χ1n) is 7.15. The van der Waals surface area contributed by atoms with Crippen LogP contribution in [0.15, 0.2) is 0 Å². The molecule has 0 spiro atoms. The van der Waals surface area contributed by atoms with Crippen molar-refractivity contribution < 1.29 is 5.11 Å². The molecule has 0 amide bonds. The second kappa shape index (κ2) is 4.33. The molecule has 1 heteroatoms. The molecule has 5 atom stereocenters. The zero-order valence-corrected chi connectivity index (χ0v) is 11.4. The van der Waals surface area contributed by atoms with E-state index in [2.05, 4.69) is 20.8 Å². The van der Waals surface area contributed by atoms with Crippen molar-refractivity contribution >= 4 is 0 Å². The molecule has 94 valence electrons. The molecule has 0 heterocycles. The Morgan fingerprint density at radius 1 is 1.25 bits per heavy atom. The molecule has 2 aliphatic rings. The molecule has 0 radical (unpaired) electrons. The molecular weight excluding hydrogens is 196 g/mol. The SMILES string of the molecule is CC(O)CCC12C[C@H]1[C@H](C(C)C)CC[C@H]2C. The van der Waals surface area contributed by atoms with E-state index in [9.17, 15) is 5.11 Å². The van der Waals surface area contributed by atoms with Gasteiger partial charge in [-0.05, 0) is 68.1 Å². The summed E-state index contributed by atoms with van der Waals surface area (Å²) in [6.45, 7) is 9.15. The Balaban J connectivity index is 1.99. The summed E-state index contributed by atoms with van der Waals surface area (Å²) in [7, 11) is 0. The Kier molecular flexibility index (Phi) is 3.36. The molecule has 2 saturated carbocycles. The summed E-state index contributed by atoms with van der Waals surface area (Å²) in [4.78, 5) is 0. The number of rotatable bonds is 4. The molecule has 1 N–H and O–H groups in total. The minimum absolute atomic E-state index is 0.109. The lowest BCUT2D eigenvalue weighted by Gasteiger charge is -2.36. The Morgan fingerprint density at radius 3 is 2.50 bits per heavy atom. The van der Waals surface area contributed by atoms with Gasteiger partial charge in [-0.15, -0.1) is 0 Å². The minimum Gasteiger partial charge on any atom is -0.393 e. The van der Waals surface area contributed by atoms with Gasteiger partial charge >= 0.3 is 0 Å². The topological polar surface area (TPSA) is 20.2 Å². The van der Waals surface area contributed by atoms with Crippen LogP contribution in [0.1, 0.15) is 59.8 Å². The van der Waals surface area contributed by atoms with E-state index in [4.69, 9.17) is 0 Å². The van der Waals surface area contributed by atoms with E-state index in [1.54, 1.807) is 0 Å². The van der Waals surface area contributed by atoms with Crippen molar-refractivity contribution in [3.8, 4) is 0 Å². The average molecular weight is 224 g/mol. The Hall–Kier alpha value is -0.0400. The minimum atomic E-state index is -0.109. The second-order valence-electron chi connectivity index (χ2n) is 6.82. The first kappa shape index (κ1) is 12.4. The normalized spacial score (nSPS) is 44.2. The van der Waals surface area contributed by atoms with E-state index < -0.39 is 0 Å². The van der Waals surface area contributed by atoms with Crippen LogP contribution in [0.2, 0.25) is 0 Å². The highest BCUT2D eigenvalue weighted by atomic mass is 16.3. The molecule has 0 aliphatic heterocycles. The zero-order valence-electron chi connectivity index (χ0n) is 11.4. The van der Waals surface area contributed by atoms with Crippen molar-refractivity contribution in [1.82, 2.24) is 0 Å². The Bertz CT molecular complexity index is 246. The third kappa shape index (κ3) is 2.03. The summed E-state index contributed by atoms with van der Waals surface area (Å²) in [6.07, 6.45) is 6.47. The molecule has 0 aromatic carbocycles. The van der Waals surface area contributed by atoms with Gasteiger partial charge in [-0.25, -0.2) is 0 Å². The fraction of sp³-hybridized carbons (Fsp3) is 1.00. The van der Waals surface area contributed by atoms with Gasteiger partial charge in [0.15, 0.2) is 0 Å². The largest absolute Gasteiger partial charge is 0.393 e. The first-order valence-corrected chi connectivity index (χ1v) is 7.15. The van der Waals surface area contributed by atoms with Gasteiger partial charge in [-0.3, -0.25) is 0 Å². The fourth-order valence-electron chi connectivity index (χ4n) is 4.24. The van der Waals surface area contributed by atoms with Crippen molar-refractivity contribution in [1.29, 1.82) is 0 Å². The van der Waals surface area contributed by atoms with Gasteiger partial charge in [0.1, 0.15) is 0 Å². The van der Waals surface area contributed by atoms with E-state index in [-0.39, 0.29) is 6.10 Å². The van der Waals surface area contributed by atoms with Crippen LogP contribution in [0.3, 0.4) is 0 Å². The van der Waals surface area contributed by atoms with Crippen molar-refractivity contribution in [3.63, 3.8) is 0 Å². The van der Waals surface area contributed by atoms with Gasteiger partial charge in [0.05, 0.1) is 6.10 Å². The Labute approximate surface area is 101 Å². The molecule has 0 saturated heterocycles. The summed E-state index contributed by atoms with van der Waals surface area (Å²) < 4.78 is 0. The third-order valence-electron chi connectivity index (χ3n) is 5.49. The first-order chi connectivity index (χ1) is 7.47. The number of fused-ring (bicyclic) bond motifs is 1. The molecule has 0 aromatic rings. The van der Waals surface area contributed by atoms with Crippen molar-refractivity contribution in [2.75, 3.05) is 0 Å². The highest BCUT2D eigenvalue weighted by molar-refractivity contribution is 5.10. The molecule has 16 heavy (non-hydrogen) atoms. The standard InChI is InChI=1S/C15H28O/c1-10(2)13-6-5-11(3)15(9-14(13)15)8-7-12(4)16/h10-14,16H,5-9H2,1-4H3/t11-,12?,13+,14+,15?/m1/s1. The summed E-state index contributed by atoms with van der Waals surface area (Å²) in [6, 6.07) is 0. The third-order valence-corrected chi connectivity index (χ3v) is 5.49. The number of hydrogen-bond donors (Lipinski definition) is 1. The smallest absolute Gasteiger partial charge is 0.0512 e. The maximum atomic E-state index is 9.48. The lowest BCUT2D eigenvalue weighted by molar-refractivity contribution is 0.111. The highest BCUT2D eigenvalue weighted by Gasteiger charge is 2.61. The maximum absolute atomic E-state index is 9.48. The lowest BCUT2D eigenvalue weighted by Crippen LogP contribution is -2.28. The summed E-state index contributed by atoms with van der Waals surface area (Å²) in [5.74, 6) is 3.69. The van der Waals surface area contributed by atoms with E-state index in [1.165, 1.54) is 25.7 Å². The van der Waals surface area contributed by atoms with Crippen LogP contribution in [-0.4, -0.2) is 11.2 Å². The van der Waals surface area contributed by atoms with Crippen LogP contribution in [0.5, 0.6) is 0 Å². The van der Waals surface area contributed by atoms with Crippen molar-refractivity contribution in [3.05, 3.63) is 0 Å². The molecule has 1 nitrogen and oxygen atoms in total. The van der Waals surface area contributed by atoms with Crippen molar-refractivity contribution in [2.24, 2.45) is 29.1 Å². The molecule has 2 aliphatic carbocycles. The molecule has 2 unspecified atom stereocenters. The number of aliphatic hydroxyl groups excluding tert-OH is 1. The monoisotopic (exact) mass is 224 g/mol. The molecule has 0 aromatic heterocycles. The van der Waals surface area contributed by atoms with Gasteiger partial charge in [-0.2, -0.15) is 0 Å². The van der Waals surface area contributed by atoms with Crippen LogP contribution >= 0.6 is 0 Å². The predicted octanol–water partition coefficient (Wildman–Crippen LogP) is 3.86. The number of hydrogen-bond acceptors (Lipinski definition) is 1. The maximum Gasteiger partial charge on any atom is 0.0512 e. The molecule has 2 rings (SSSR count). The lowest BCUT2D eigenvalue weighted by atomic mass is 9.69. The van der Waals surface area contributed by atoms with E-state index in [0.717, 1.165) is 30.1 Å². The molecule has 0 bridgehead atoms. The zero-order chi connectivity index (χ0) is 11.9. The van der Waals surface area contributed by atoms with Crippen LogP contribution in [0.4, 0.5) is 0 Å². The second-order valence-corrected chi connectivity index (χ2v) is 6.82. The van der Waals surface area contributed by atoms with E-state index in [1.807, 2.05) is 6.92 Å². The highest BCUT2D eigenvalue weighted by Crippen LogP contribution is 2.69. The number of aliphatic hydroxyl groups is 1. The van der Waals surface area contributed by atoms with Gasteiger partial charge in [-0.1, -0.05) is 20.8 Å². The summed E-state index contributed by atoms with van der Waals surface area (Å²) >= 11 is 0. The van der Waals surface area contributed by atoms with Gasteiger partial charge in [0, 0.05) is 0 Å². The summed E-state index contributed by atoms with van der Waals surface area (Å²) in [5, 5.41) is 9.48. The molecular formula is C15H28O. The van der Waals surface area contributed by atoms with Crippen LogP contribution < -0.4 is 0 Å². The predicted molar refractivity (Wildman–Crippen MR) is 68.2 cm³/mol. The van der Waals surface area contributed by atoms with E-state index >= 15 is 0 Å². The average Bonchev–Trinajstić information content (AvgIpc) is 2.91. The van der Waals surface area contributed by atoms with Crippen LogP contribution in [0.25, 0.3) is 0 Å². The van der Waals surface area contributed by atoms with Crippen LogP contribution in [-0.2, 0) is 0 Å². The van der Waals surface area contributed by atoms with Crippen LogP contribution in [0, 0.1) is 29.1 Å². The quantitative estimate of drug-likeness (QED) is 0.769. The van der Waals surface area contributed by atoms with Gasteiger partial charge in [0.25, 0.3) is 0 Å². The van der Waals surface area contributed by atoms with Gasteiger partial charge in [0.2, 0.25) is 0 Å². The van der Waals surface area contributed by atoms with Gasteiger partial charge < -0.3 is 5.11 Å².